The summed E-state index contributed by atoms with van der Waals surface area (Å²) < 4.78 is 38.5. The Hall–Kier alpha value is -6.15. The Morgan fingerprint density at radius 3 is 2.28 bits per heavy atom. The van der Waals surface area contributed by atoms with Crippen LogP contribution in [0.15, 0.2) is 114 Å². The number of amides is 1. The quantitative estimate of drug-likeness (QED) is 0.0214. The summed E-state index contributed by atoms with van der Waals surface area (Å²) in [6.07, 6.45) is 20.0. The van der Waals surface area contributed by atoms with Crippen molar-refractivity contribution >= 4 is 17.9 Å². The number of unbranched alkanes of at least 4 members (excludes halogenated alkanes) is 10. The van der Waals surface area contributed by atoms with Gasteiger partial charge in [-0.25, -0.2) is 0 Å². The third-order valence-corrected chi connectivity index (χ3v) is 15.4. The van der Waals surface area contributed by atoms with Crippen molar-refractivity contribution in [2.45, 2.75) is 147 Å². The summed E-state index contributed by atoms with van der Waals surface area (Å²) >= 11 is 0. The number of fused-ring (bicyclic) bond motifs is 3. The van der Waals surface area contributed by atoms with Crippen LogP contribution in [0.25, 0.3) is 0 Å². The maximum atomic E-state index is 15.5. The number of carbonyl (C=O) groups is 2. The molecule has 4 aromatic carbocycles. The fraction of sp³-hybridized carbons (Fsp3) is 0.500. The van der Waals surface area contributed by atoms with Gasteiger partial charge in [0.15, 0.2) is 17.8 Å². The predicted molar refractivity (Wildman–Crippen MR) is 290 cm³/mol. The molecule has 0 bridgehead atoms. The van der Waals surface area contributed by atoms with E-state index in [9.17, 15) is 15.0 Å². The van der Waals surface area contributed by atoms with Crippen LogP contribution in [0.3, 0.4) is 0 Å². The summed E-state index contributed by atoms with van der Waals surface area (Å²) in [6.45, 7) is 7.27. The van der Waals surface area contributed by atoms with Crippen LogP contribution >= 0.6 is 0 Å². The fourth-order valence-electron chi connectivity index (χ4n) is 11.8. The molecule has 4 aromatic rings. The Bertz CT molecular complexity index is 2560. The molecule has 2 aliphatic heterocycles. The van der Waals surface area contributed by atoms with E-state index in [-0.39, 0.29) is 69.8 Å². The highest BCUT2D eigenvalue weighted by molar-refractivity contribution is 6.03. The Morgan fingerprint density at radius 1 is 0.813 bits per heavy atom. The zero-order valence-corrected chi connectivity index (χ0v) is 44.1. The summed E-state index contributed by atoms with van der Waals surface area (Å²) in [6, 6.07) is 26.1. The van der Waals surface area contributed by atoms with E-state index in [0.717, 1.165) is 85.6 Å². The van der Waals surface area contributed by atoms with Crippen LogP contribution in [0, 0.1) is 17.8 Å². The molecule has 13 nitrogen and oxygen atoms in total. The summed E-state index contributed by atoms with van der Waals surface area (Å²) in [5, 5.41) is 25.3. The number of aliphatic hydroxyl groups is 2. The maximum absolute atomic E-state index is 15.5. The lowest BCUT2D eigenvalue weighted by molar-refractivity contribution is -0.258. The van der Waals surface area contributed by atoms with E-state index in [4.69, 9.17) is 38.4 Å². The van der Waals surface area contributed by atoms with Gasteiger partial charge < -0.3 is 48.4 Å². The molecule has 1 saturated carbocycles. The number of benzene rings is 4. The number of aldehydes is 1. The molecule has 402 valence electrons. The Morgan fingerprint density at radius 2 is 1.53 bits per heavy atom. The third-order valence-electron chi connectivity index (χ3n) is 15.4. The number of aliphatic hydroxyl groups excluding tert-OH is 2. The molecule has 1 fully saturated rings. The molecule has 0 radical (unpaired) electrons. The van der Waals surface area contributed by atoms with E-state index in [2.05, 4.69) is 19.6 Å². The number of hydrogen-bond donors (Lipinski definition) is 2. The van der Waals surface area contributed by atoms with Gasteiger partial charge in [-0.2, -0.15) is 0 Å². The summed E-state index contributed by atoms with van der Waals surface area (Å²) in [5.41, 5.74) is 4.79. The zero-order valence-electron chi connectivity index (χ0n) is 44.1. The molecule has 6 unspecified atom stereocenters. The predicted octanol–water partition coefficient (Wildman–Crippen LogP) is 12.8. The average molecular weight is 1030 g/mol. The van der Waals surface area contributed by atoms with E-state index in [1.807, 2.05) is 71.6 Å². The smallest absolute Gasteiger partial charge is 0.239 e. The first-order valence-corrected chi connectivity index (χ1v) is 27.6. The molecule has 75 heavy (non-hydrogen) atoms. The topological polar surface area (TPSA) is 155 Å². The van der Waals surface area contributed by atoms with Crippen LogP contribution in [0.5, 0.6) is 34.5 Å². The highest BCUT2D eigenvalue weighted by Crippen LogP contribution is 2.62. The highest BCUT2D eigenvalue weighted by atomic mass is 16.7. The van der Waals surface area contributed by atoms with Crippen LogP contribution < -0.4 is 23.7 Å². The van der Waals surface area contributed by atoms with Gasteiger partial charge in [0.25, 0.3) is 0 Å². The highest BCUT2D eigenvalue weighted by Gasteiger charge is 2.65. The standard InChI is InChI=1S/C62H78N2O11/c1-4-6-7-8-9-10-11-12-16-25-59(68)64(40-45-26-29-56-57(35-45)71-43-70-56)58-39-53(63-73-42-44-21-14-13-15-22-44)51-37-46(23-17-19-32-65)50(24-18-20-33-66)60-52-38-49(74-48-27-30-54(69-3)47(36-48)41-67)28-31-55(52)75-62(58,61(51)60)72-34-5-2/h5,13-15,21-22,26-31,35-38,41,46,50,58,60-61,65-66H,2,4,6-12,16-20,23-25,32-34,39-40,42-43H2,1,3H3. The summed E-state index contributed by atoms with van der Waals surface area (Å²) in [4.78, 5) is 35.9. The van der Waals surface area contributed by atoms with Crippen molar-refractivity contribution in [2.24, 2.45) is 22.9 Å². The molecule has 13 heteroatoms. The van der Waals surface area contributed by atoms with Crippen LogP contribution in [0.2, 0.25) is 0 Å². The van der Waals surface area contributed by atoms with Gasteiger partial charge in [-0.05, 0) is 109 Å². The lowest BCUT2D eigenvalue weighted by atomic mass is 9.55. The van der Waals surface area contributed by atoms with E-state index in [1.165, 1.54) is 39.2 Å². The molecule has 4 aliphatic rings. The second-order valence-corrected chi connectivity index (χ2v) is 20.4. The molecule has 0 aromatic heterocycles. The second kappa shape index (κ2) is 27.6. The zero-order chi connectivity index (χ0) is 52.4. The van der Waals surface area contributed by atoms with Crippen molar-refractivity contribution in [2.75, 3.05) is 33.7 Å². The molecular weight excluding hydrogens is 949 g/mol. The molecule has 6 atom stereocenters. The lowest BCUT2D eigenvalue weighted by Gasteiger charge is -2.60. The van der Waals surface area contributed by atoms with Crippen molar-refractivity contribution in [3.05, 3.63) is 131 Å². The van der Waals surface area contributed by atoms with Gasteiger partial charge in [0.2, 0.25) is 18.5 Å². The molecule has 2 heterocycles. The molecule has 2 N–H and O–H groups in total. The monoisotopic (exact) mass is 1030 g/mol. The number of allylic oxidation sites excluding steroid dienone is 1. The van der Waals surface area contributed by atoms with Crippen LogP contribution in [0.4, 0.5) is 0 Å². The maximum Gasteiger partial charge on any atom is 0.239 e. The van der Waals surface area contributed by atoms with Gasteiger partial charge in [0.05, 0.1) is 30.9 Å². The molecule has 1 amide bonds. The molecule has 2 aliphatic carbocycles. The number of methoxy groups -OCH3 is 1. The van der Waals surface area contributed by atoms with Crippen molar-refractivity contribution in [1.29, 1.82) is 0 Å². The van der Waals surface area contributed by atoms with Gasteiger partial charge in [-0.15, -0.1) is 6.58 Å². The van der Waals surface area contributed by atoms with Gasteiger partial charge in [-0.1, -0.05) is 125 Å². The largest absolute Gasteiger partial charge is 0.496 e. The summed E-state index contributed by atoms with van der Waals surface area (Å²) in [7, 11) is 1.53. The first-order valence-electron chi connectivity index (χ1n) is 27.6. The van der Waals surface area contributed by atoms with Crippen LogP contribution in [-0.4, -0.2) is 78.6 Å². The van der Waals surface area contributed by atoms with Crippen LogP contribution in [0.1, 0.15) is 149 Å². The number of oxime groups is 1. The van der Waals surface area contributed by atoms with E-state index < -0.39 is 17.7 Å². The number of ether oxygens (including phenoxy) is 6. The molecule has 8 rings (SSSR count). The normalized spacial score (nSPS) is 21.6. The van der Waals surface area contributed by atoms with Crippen molar-refractivity contribution in [1.82, 2.24) is 4.90 Å². The molecule has 0 saturated heterocycles. The number of rotatable bonds is 31. The van der Waals surface area contributed by atoms with Gasteiger partial charge in [-0.3, -0.25) is 9.59 Å². The van der Waals surface area contributed by atoms with E-state index in [1.54, 1.807) is 24.3 Å². The van der Waals surface area contributed by atoms with Crippen molar-refractivity contribution < 1.29 is 53.1 Å². The van der Waals surface area contributed by atoms with Gasteiger partial charge in [0, 0.05) is 44.1 Å². The SMILES string of the molecule is C=CCOC12Oc3ccc(Oc4ccc(OC)c(C=O)c4)cc3C3C(CCCCO)C(CCCCO)C=C(C(=NOCc4ccccc4)CC1N(Cc1ccc4c(c1)OCO4)C(=O)CCCCCCCCCCC)C32. The Kier molecular flexibility index (Phi) is 20.3. The number of nitrogens with zero attached hydrogens (tertiary/aromatic N) is 2. The van der Waals surface area contributed by atoms with E-state index in [0.29, 0.717) is 59.3 Å². The molecule has 0 spiro atoms. The third kappa shape index (κ3) is 13.5. The lowest BCUT2D eigenvalue weighted by Crippen LogP contribution is -2.70. The first-order chi connectivity index (χ1) is 36.8. The Balaban J connectivity index is 1.27. The van der Waals surface area contributed by atoms with Crippen LogP contribution in [-0.2, 0) is 27.5 Å². The minimum Gasteiger partial charge on any atom is -0.496 e. The van der Waals surface area contributed by atoms with Crippen molar-refractivity contribution in [3.8, 4) is 34.5 Å². The van der Waals surface area contributed by atoms with Crippen molar-refractivity contribution in [3.63, 3.8) is 0 Å². The average Bonchev–Trinajstić information content (AvgIpc) is 3.94. The number of hydrogen-bond acceptors (Lipinski definition) is 12. The van der Waals surface area contributed by atoms with Gasteiger partial charge >= 0.3 is 0 Å². The fourth-order valence-corrected chi connectivity index (χ4v) is 11.8. The first kappa shape index (κ1) is 55.1. The molecular formula is C62H78N2O11. The van der Waals surface area contributed by atoms with Gasteiger partial charge in [0.1, 0.15) is 35.6 Å². The minimum absolute atomic E-state index is 0.00136. The Labute approximate surface area is 443 Å². The number of carbonyl (C=O) groups excluding carboxylic acids is 2. The minimum atomic E-state index is -1.46. The second-order valence-electron chi connectivity index (χ2n) is 20.4. The van der Waals surface area contributed by atoms with E-state index >= 15 is 4.79 Å². The summed E-state index contributed by atoms with van der Waals surface area (Å²) in [5.74, 6) is 1.13.